The summed E-state index contributed by atoms with van der Waals surface area (Å²) in [5.41, 5.74) is 0.845. The minimum Gasteiger partial charge on any atom is -0.465 e. The van der Waals surface area contributed by atoms with Crippen molar-refractivity contribution in [1.82, 2.24) is 0 Å². The number of carbonyl (C=O) groups is 1. The standard InChI is InChI=1S/C17H21IO3/c1-2-20-15(19)17-10-16(11-17,12-18)21-14(17)9-8-13-6-4-3-5-7-13/h3-7,14H,2,8-12H2,1H3. The van der Waals surface area contributed by atoms with Crippen LogP contribution in [-0.2, 0) is 20.7 Å². The van der Waals surface area contributed by atoms with Gasteiger partial charge in [-0.2, -0.15) is 0 Å². The molecule has 0 N–H and O–H groups in total. The lowest BCUT2D eigenvalue weighted by Crippen LogP contribution is -2.51. The van der Waals surface area contributed by atoms with Gasteiger partial charge in [-0.15, -0.1) is 0 Å². The number of aryl methyl sites for hydroxylation is 1. The number of fused-ring (bicyclic) bond motifs is 1. The van der Waals surface area contributed by atoms with Crippen molar-refractivity contribution in [2.45, 2.75) is 44.3 Å². The van der Waals surface area contributed by atoms with Gasteiger partial charge < -0.3 is 9.47 Å². The van der Waals surface area contributed by atoms with E-state index in [1.54, 1.807) is 0 Å². The van der Waals surface area contributed by atoms with E-state index in [9.17, 15) is 4.79 Å². The first kappa shape index (κ1) is 15.3. The predicted molar refractivity (Wildman–Crippen MR) is 89.6 cm³/mol. The highest BCUT2D eigenvalue weighted by Gasteiger charge is 2.71. The fourth-order valence-corrected chi connectivity index (χ4v) is 4.50. The van der Waals surface area contributed by atoms with E-state index in [1.165, 1.54) is 5.56 Å². The number of hydrogen-bond acceptors (Lipinski definition) is 3. The maximum atomic E-state index is 12.4. The summed E-state index contributed by atoms with van der Waals surface area (Å²) >= 11 is 2.37. The van der Waals surface area contributed by atoms with Crippen molar-refractivity contribution in [3.05, 3.63) is 35.9 Å². The topological polar surface area (TPSA) is 35.5 Å². The largest absolute Gasteiger partial charge is 0.465 e. The number of esters is 1. The Morgan fingerprint density at radius 2 is 2.10 bits per heavy atom. The Hall–Kier alpha value is -0.620. The highest BCUT2D eigenvalue weighted by molar-refractivity contribution is 14.1. The van der Waals surface area contributed by atoms with Gasteiger partial charge in [0.1, 0.15) is 0 Å². The molecule has 0 aromatic heterocycles. The Morgan fingerprint density at radius 1 is 1.38 bits per heavy atom. The van der Waals surface area contributed by atoms with Crippen LogP contribution < -0.4 is 0 Å². The van der Waals surface area contributed by atoms with Crippen molar-refractivity contribution in [3.8, 4) is 0 Å². The lowest BCUT2D eigenvalue weighted by molar-refractivity contribution is -0.161. The molecule has 0 spiro atoms. The molecule has 4 rings (SSSR count). The second-order valence-corrected chi connectivity index (χ2v) is 6.94. The Bertz CT molecular complexity index is 508. The zero-order chi connectivity index (χ0) is 14.9. The summed E-state index contributed by atoms with van der Waals surface area (Å²) in [7, 11) is 0. The second-order valence-electron chi connectivity index (χ2n) is 6.18. The highest BCUT2D eigenvalue weighted by Crippen LogP contribution is 2.63. The number of ether oxygens (including phenoxy) is 2. The van der Waals surface area contributed by atoms with Crippen LogP contribution in [0.25, 0.3) is 0 Å². The van der Waals surface area contributed by atoms with Crippen molar-refractivity contribution in [2.75, 3.05) is 11.0 Å². The number of hydrogen-bond donors (Lipinski definition) is 0. The molecule has 2 saturated heterocycles. The summed E-state index contributed by atoms with van der Waals surface area (Å²) in [6.07, 6.45) is 3.51. The van der Waals surface area contributed by atoms with Gasteiger partial charge in [0.15, 0.2) is 0 Å². The molecule has 1 aromatic rings. The van der Waals surface area contributed by atoms with Crippen LogP contribution in [0.4, 0.5) is 0 Å². The van der Waals surface area contributed by atoms with Crippen LogP contribution in [0.5, 0.6) is 0 Å². The molecule has 3 nitrogen and oxygen atoms in total. The molecule has 21 heavy (non-hydrogen) atoms. The van der Waals surface area contributed by atoms with Gasteiger partial charge in [-0.05, 0) is 38.2 Å². The van der Waals surface area contributed by atoms with Crippen molar-refractivity contribution in [2.24, 2.45) is 5.41 Å². The third kappa shape index (κ3) is 2.61. The SMILES string of the molecule is CCOC(=O)C12CC(CI)(C1)OC2CCc1ccccc1. The van der Waals surface area contributed by atoms with Gasteiger partial charge in [0, 0.05) is 4.43 Å². The maximum Gasteiger partial charge on any atom is 0.314 e. The molecule has 2 aliphatic heterocycles. The van der Waals surface area contributed by atoms with Crippen LogP contribution in [0.1, 0.15) is 31.7 Å². The second kappa shape index (κ2) is 5.88. The first-order chi connectivity index (χ1) is 10.1. The zero-order valence-corrected chi connectivity index (χ0v) is 14.5. The van der Waals surface area contributed by atoms with Crippen LogP contribution in [-0.4, -0.2) is 28.7 Å². The van der Waals surface area contributed by atoms with E-state index in [1.807, 2.05) is 13.0 Å². The Labute approximate surface area is 139 Å². The number of benzene rings is 1. The van der Waals surface area contributed by atoms with E-state index < -0.39 is 0 Å². The monoisotopic (exact) mass is 400 g/mol. The molecule has 2 heterocycles. The molecule has 1 atom stereocenters. The summed E-state index contributed by atoms with van der Waals surface area (Å²) in [6, 6.07) is 10.4. The number of alkyl halides is 1. The van der Waals surface area contributed by atoms with Crippen LogP contribution in [0, 0.1) is 5.41 Å². The third-order valence-corrected chi connectivity index (χ3v) is 6.14. The van der Waals surface area contributed by atoms with Gasteiger partial charge in [-0.3, -0.25) is 4.79 Å². The van der Waals surface area contributed by atoms with E-state index in [0.717, 1.165) is 30.1 Å². The number of rotatable bonds is 6. The molecular formula is C17H21IO3. The Morgan fingerprint density at radius 3 is 2.71 bits per heavy atom. The zero-order valence-electron chi connectivity index (χ0n) is 12.3. The molecule has 114 valence electrons. The molecule has 0 amide bonds. The van der Waals surface area contributed by atoms with Gasteiger partial charge >= 0.3 is 5.97 Å². The molecule has 1 aliphatic carbocycles. The van der Waals surface area contributed by atoms with Crippen LogP contribution in [0.15, 0.2) is 30.3 Å². The average molecular weight is 400 g/mol. The minimum atomic E-state index is -0.379. The first-order valence-electron chi connectivity index (χ1n) is 7.59. The summed E-state index contributed by atoms with van der Waals surface area (Å²) in [4.78, 5) is 12.4. The molecule has 0 radical (unpaired) electrons. The molecule has 1 unspecified atom stereocenters. The lowest BCUT2D eigenvalue weighted by atomic mass is 9.60. The van der Waals surface area contributed by atoms with Crippen molar-refractivity contribution in [1.29, 1.82) is 0 Å². The van der Waals surface area contributed by atoms with E-state index >= 15 is 0 Å². The molecule has 1 aromatic carbocycles. The van der Waals surface area contributed by atoms with Crippen LogP contribution in [0.3, 0.4) is 0 Å². The minimum absolute atomic E-state index is 0.00604. The fourth-order valence-electron chi connectivity index (χ4n) is 3.78. The van der Waals surface area contributed by atoms with E-state index in [0.29, 0.717) is 6.61 Å². The molecule has 2 bridgehead atoms. The highest BCUT2D eigenvalue weighted by atomic mass is 127. The maximum absolute atomic E-state index is 12.4. The van der Waals surface area contributed by atoms with Gasteiger partial charge in [0.25, 0.3) is 0 Å². The Balaban J connectivity index is 1.70. The van der Waals surface area contributed by atoms with E-state index in [2.05, 4.69) is 46.9 Å². The number of halogens is 1. The van der Waals surface area contributed by atoms with Crippen molar-refractivity contribution in [3.63, 3.8) is 0 Å². The summed E-state index contributed by atoms with van der Waals surface area (Å²) in [5, 5.41) is 0. The lowest BCUT2D eigenvalue weighted by Gasteiger charge is -2.42. The predicted octanol–water partition coefficient (Wildman–Crippen LogP) is 3.54. The van der Waals surface area contributed by atoms with Gasteiger partial charge in [0.2, 0.25) is 0 Å². The molecular weight excluding hydrogens is 379 g/mol. The molecule has 3 aliphatic rings. The van der Waals surface area contributed by atoms with Crippen molar-refractivity contribution >= 4 is 28.6 Å². The fraction of sp³-hybridized carbons (Fsp3) is 0.588. The summed E-state index contributed by atoms with van der Waals surface area (Å²) in [5.74, 6) is -0.0546. The smallest absolute Gasteiger partial charge is 0.314 e. The summed E-state index contributed by atoms with van der Waals surface area (Å²) < 4.78 is 12.5. The molecule has 1 saturated carbocycles. The van der Waals surface area contributed by atoms with Gasteiger partial charge in [-0.25, -0.2) is 0 Å². The van der Waals surface area contributed by atoms with Gasteiger partial charge in [0.05, 0.1) is 23.7 Å². The quantitative estimate of drug-likeness (QED) is 0.417. The normalized spacial score (nSPS) is 33.5. The van der Waals surface area contributed by atoms with E-state index in [4.69, 9.17) is 9.47 Å². The number of carbonyl (C=O) groups excluding carboxylic acids is 1. The van der Waals surface area contributed by atoms with E-state index in [-0.39, 0.29) is 23.1 Å². The first-order valence-corrected chi connectivity index (χ1v) is 9.12. The summed E-state index contributed by atoms with van der Waals surface area (Å²) in [6.45, 7) is 2.32. The Kier molecular flexibility index (Phi) is 4.28. The molecule has 3 fully saturated rings. The average Bonchev–Trinajstić information content (AvgIpc) is 2.97. The van der Waals surface area contributed by atoms with Crippen LogP contribution in [0.2, 0.25) is 0 Å². The van der Waals surface area contributed by atoms with Crippen molar-refractivity contribution < 1.29 is 14.3 Å². The van der Waals surface area contributed by atoms with Gasteiger partial charge in [-0.1, -0.05) is 52.9 Å². The molecule has 4 heteroatoms. The van der Waals surface area contributed by atoms with Crippen LogP contribution >= 0.6 is 22.6 Å². The third-order valence-electron chi connectivity index (χ3n) is 4.75.